The lowest BCUT2D eigenvalue weighted by molar-refractivity contribution is -0.202. The van der Waals surface area contributed by atoms with E-state index in [4.69, 9.17) is 9.47 Å². The van der Waals surface area contributed by atoms with E-state index in [0.717, 1.165) is 18.8 Å². The molecule has 0 unspecified atom stereocenters. The maximum Gasteiger partial charge on any atom is 0.183 e. The molecule has 1 aliphatic rings. The van der Waals surface area contributed by atoms with Crippen molar-refractivity contribution >= 4 is 0 Å². The Bertz CT molecular complexity index is 284. The summed E-state index contributed by atoms with van der Waals surface area (Å²) in [4.78, 5) is 0. The highest BCUT2D eigenvalue weighted by Crippen LogP contribution is 2.24. The van der Waals surface area contributed by atoms with Crippen LogP contribution in [0.25, 0.3) is 0 Å². The number of benzene rings is 1. The van der Waals surface area contributed by atoms with Gasteiger partial charge in [-0.3, -0.25) is 0 Å². The van der Waals surface area contributed by atoms with Gasteiger partial charge in [-0.2, -0.15) is 0 Å². The van der Waals surface area contributed by atoms with Crippen molar-refractivity contribution in [2.45, 2.75) is 20.1 Å². The molecule has 1 aromatic carbocycles. The van der Waals surface area contributed by atoms with Crippen molar-refractivity contribution in [3.05, 3.63) is 35.4 Å². The normalized spacial score (nSPS) is 27.6. The Morgan fingerprint density at radius 2 is 1.64 bits per heavy atom. The molecule has 1 aromatic rings. The van der Waals surface area contributed by atoms with Crippen LogP contribution in [0.2, 0.25) is 0 Å². The molecule has 0 N–H and O–H groups in total. The summed E-state index contributed by atoms with van der Waals surface area (Å²) in [6.07, 6.45) is -0.160. The molecule has 14 heavy (non-hydrogen) atoms. The van der Waals surface area contributed by atoms with Gasteiger partial charge in [-0.25, -0.2) is 0 Å². The summed E-state index contributed by atoms with van der Waals surface area (Å²) in [5, 5.41) is 0. The van der Waals surface area contributed by atoms with Crippen LogP contribution in [0.4, 0.5) is 0 Å². The van der Waals surface area contributed by atoms with E-state index in [1.165, 1.54) is 5.56 Å². The summed E-state index contributed by atoms with van der Waals surface area (Å²) < 4.78 is 11.2. The summed E-state index contributed by atoms with van der Waals surface area (Å²) in [6.45, 7) is 5.79. The minimum atomic E-state index is -0.160. The van der Waals surface area contributed by atoms with E-state index in [-0.39, 0.29) is 6.29 Å². The van der Waals surface area contributed by atoms with Crippen LogP contribution in [0.15, 0.2) is 24.3 Å². The van der Waals surface area contributed by atoms with E-state index >= 15 is 0 Å². The predicted octanol–water partition coefficient (Wildman–Crippen LogP) is 2.68. The Kier molecular flexibility index (Phi) is 2.85. The lowest BCUT2D eigenvalue weighted by Gasteiger charge is -2.27. The second-order valence-corrected chi connectivity index (χ2v) is 4.01. The van der Waals surface area contributed by atoms with Crippen LogP contribution in [0.5, 0.6) is 0 Å². The van der Waals surface area contributed by atoms with E-state index in [1.807, 2.05) is 0 Å². The average molecular weight is 192 g/mol. The van der Waals surface area contributed by atoms with Gasteiger partial charge in [0.05, 0.1) is 13.2 Å². The zero-order chi connectivity index (χ0) is 9.97. The van der Waals surface area contributed by atoms with Crippen LogP contribution in [-0.4, -0.2) is 13.2 Å². The van der Waals surface area contributed by atoms with Crippen molar-refractivity contribution in [3.8, 4) is 0 Å². The van der Waals surface area contributed by atoms with Gasteiger partial charge in [-0.05, 0) is 6.92 Å². The van der Waals surface area contributed by atoms with Gasteiger partial charge in [0.15, 0.2) is 6.29 Å². The average Bonchev–Trinajstić information content (AvgIpc) is 2.21. The predicted molar refractivity (Wildman–Crippen MR) is 55.0 cm³/mol. The fourth-order valence-corrected chi connectivity index (χ4v) is 1.52. The second kappa shape index (κ2) is 4.11. The van der Waals surface area contributed by atoms with Gasteiger partial charge in [-0.15, -0.1) is 0 Å². The Labute approximate surface area is 84.8 Å². The molecule has 1 fully saturated rings. The monoisotopic (exact) mass is 192 g/mol. The Hall–Kier alpha value is -0.860. The number of ether oxygens (including phenoxy) is 2. The van der Waals surface area contributed by atoms with Gasteiger partial charge < -0.3 is 9.47 Å². The smallest absolute Gasteiger partial charge is 0.183 e. The maximum atomic E-state index is 5.59. The maximum absolute atomic E-state index is 5.59. The minimum absolute atomic E-state index is 0.160. The molecule has 0 spiro atoms. The second-order valence-electron chi connectivity index (χ2n) is 4.01. The highest BCUT2D eigenvalue weighted by molar-refractivity contribution is 5.22. The van der Waals surface area contributed by atoms with Crippen molar-refractivity contribution in [2.24, 2.45) is 5.92 Å². The van der Waals surface area contributed by atoms with Crippen molar-refractivity contribution in [2.75, 3.05) is 13.2 Å². The van der Waals surface area contributed by atoms with Crippen LogP contribution in [0, 0.1) is 12.8 Å². The summed E-state index contributed by atoms with van der Waals surface area (Å²) in [5.74, 6) is 0.511. The number of aryl methyl sites for hydroxylation is 1. The third-order valence-electron chi connectivity index (χ3n) is 2.41. The van der Waals surface area contributed by atoms with E-state index in [1.54, 1.807) is 0 Å². The molecule has 0 aliphatic carbocycles. The first kappa shape index (κ1) is 9.69. The lowest BCUT2D eigenvalue weighted by atomic mass is 10.1. The van der Waals surface area contributed by atoms with Crippen LogP contribution < -0.4 is 0 Å². The first-order valence-corrected chi connectivity index (χ1v) is 5.05. The highest BCUT2D eigenvalue weighted by atomic mass is 16.7. The molecule has 1 heterocycles. The van der Waals surface area contributed by atoms with E-state index < -0.39 is 0 Å². The topological polar surface area (TPSA) is 18.5 Å². The van der Waals surface area contributed by atoms with Crippen molar-refractivity contribution < 1.29 is 9.47 Å². The quantitative estimate of drug-likeness (QED) is 0.681. The van der Waals surface area contributed by atoms with Gasteiger partial charge in [0, 0.05) is 11.5 Å². The molecule has 0 radical (unpaired) electrons. The zero-order valence-electron chi connectivity index (χ0n) is 8.69. The van der Waals surface area contributed by atoms with E-state index in [2.05, 4.69) is 38.1 Å². The molecule has 2 nitrogen and oxygen atoms in total. The van der Waals surface area contributed by atoms with Crippen molar-refractivity contribution in [1.82, 2.24) is 0 Å². The Morgan fingerprint density at radius 3 is 2.21 bits per heavy atom. The first-order chi connectivity index (χ1) is 6.75. The number of hydrogen-bond donors (Lipinski definition) is 0. The summed E-state index contributed by atoms with van der Waals surface area (Å²) in [5.41, 5.74) is 2.38. The first-order valence-electron chi connectivity index (χ1n) is 5.05. The van der Waals surface area contributed by atoms with E-state index in [0.29, 0.717) is 5.92 Å². The third-order valence-corrected chi connectivity index (χ3v) is 2.41. The molecule has 0 saturated carbocycles. The molecule has 1 aliphatic heterocycles. The summed E-state index contributed by atoms with van der Waals surface area (Å²) in [7, 11) is 0. The molecule has 2 heteroatoms. The Balaban J connectivity index is 2.05. The SMILES string of the molecule is Cc1ccc([C@H]2OC[C@H](C)CO2)cc1. The number of hydrogen-bond acceptors (Lipinski definition) is 2. The molecule has 0 atom stereocenters. The van der Waals surface area contributed by atoms with Gasteiger partial charge >= 0.3 is 0 Å². The van der Waals surface area contributed by atoms with Crippen molar-refractivity contribution in [3.63, 3.8) is 0 Å². The molecule has 1 saturated heterocycles. The highest BCUT2D eigenvalue weighted by Gasteiger charge is 2.20. The largest absolute Gasteiger partial charge is 0.348 e. The molecule has 2 rings (SSSR count). The summed E-state index contributed by atoms with van der Waals surface area (Å²) >= 11 is 0. The molecule has 0 aromatic heterocycles. The lowest BCUT2D eigenvalue weighted by Crippen LogP contribution is -2.24. The molecule has 76 valence electrons. The summed E-state index contributed by atoms with van der Waals surface area (Å²) in [6, 6.07) is 8.30. The van der Waals surface area contributed by atoms with Gasteiger partial charge in [0.1, 0.15) is 0 Å². The fraction of sp³-hybridized carbons (Fsp3) is 0.500. The molecule has 0 amide bonds. The molecular formula is C12H16O2. The van der Waals surface area contributed by atoms with Crippen LogP contribution in [0.1, 0.15) is 24.3 Å². The number of rotatable bonds is 1. The van der Waals surface area contributed by atoms with Gasteiger partial charge in [-0.1, -0.05) is 36.8 Å². The molecular weight excluding hydrogens is 176 g/mol. The van der Waals surface area contributed by atoms with Crippen LogP contribution in [-0.2, 0) is 9.47 Å². The van der Waals surface area contributed by atoms with Gasteiger partial charge in [0.25, 0.3) is 0 Å². The van der Waals surface area contributed by atoms with Gasteiger partial charge in [0.2, 0.25) is 0 Å². The third kappa shape index (κ3) is 2.14. The van der Waals surface area contributed by atoms with Crippen molar-refractivity contribution in [1.29, 1.82) is 0 Å². The Morgan fingerprint density at radius 1 is 1.07 bits per heavy atom. The minimum Gasteiger partial charge on any atom is -0.348 e. The van der Waals surface area contributed by atoms with Crippen LogP contribution in [0.3, 0.4) is 0 Å². The van der Waals surface area contributed by atoms with E-state index in [9.17, 15) is 0 Å². The zero-order valence-corrected chi connectivity index (χ0v) is 8.69. The fourth-order valence-electron chi connectivity index (χ4n) is 1.52. The standard InChI is InChI=1S/C12H16O2/c1-9-3-5-11(6-4-9)12-13-7-10(2)8-14-12/h3-6,10,12H,7-8H2,1-2H3/t10-,12-. The van der Waals surface area contributed by atoms with Crippen LogP contribution >= 0.6 is 0 Å². The molecule has 0 bridgehead atoms.